The van der Waals surface area contributed by atoms with Crippen LogP contribution in [0.2, 0.25) is 0 Å². The number of methoxy groups -OCH3 is 1. The Morgan fingerprint density at radius 1 is 0.960 bits per heavy atom. The molecule has 134 valence electrons. The van der Waals surface area contributed by atoms with Crippen molar-refractivity contribution >= 4 is 5.91 Å². The van der Waals surface area contributed by atoms with Gasteiger partial charge in [-0.1, -0.05) is 23.8 Å². The minimum Gasteiger partial charge on any atom is -0.493 e. The summed E-state index contributed by atoms with van der Waals surface area (Å²) in [4.78, 5) is 13.8. The Morgan fingerprint density at radius 2 is 1.64 bits per heavy atom. The van der Waals surface area contributed by atoms with Gasteiger partial charge in [0.15, 0.2) is 18.1 Å². The van der Waals surface area contributed by atoms with E-state index < -0.39 is 0 Å². The maximum absolute atomic E-state index is 12.2. The van der Waals surface area contributed by atoms with Gasteiger partial charge in [-0.25, -0.2) is 0 Å². The van der Waals surface area contributed by atoms with Crippen LogP contribution < -0.4 is 14.2 Å². The fraction of sp³-hybridized carbons (Fsp3) is 0.350. The third-order valence-corrected chi connectivity index (χ3v) is 3.81. The molecule has 5 nitrogen and oxygen atoms in total. The zero-order valence-electron chi connectivity index (χ0n) is 15.2. The van der Waals surface area contributed by atoms with Gasteiger partial charge in [-0.3, -0.25) is 4.79 Å². The van der Waals surface area contributed by atoms with Crippen molar-refractivity contribution in [1.29, 1.82) is 0 Å². The summed E-state index contributed by atoms with van der Waals surface area (Å²) < 4.78 is 16.5. The summed E-state index contributed by atoms with van der Waals surface area (Å²) in [6.45, 7) is 4.87. The molecule has 0 aromatic heterocycles. The van der Waals surface area contributed by atoms with Crippen LogP contribution in [-0.2, 0) is 4.79 Å². The summed E-state index contributed by atoms with van der Waals surface area (Å²) in [6, 6.07) is 13.4. The van der Waals surface area contributed by atoms with Crippen molar-refractivity contribution in [2.24, 2.45) is 0 Å². The number of hydrogen-bond acceptors (Lipinski definition) is 4. The summed E-state index contributed by atoms with van der Waals surface area (Å²) in [6.07, 6.45) is 0. The van der Waals surface area contributed by atoms with Crippen molar-refractivity contribution in [2.75, 3.05) is 33.9 Å². The van der Waals surface area contributed by atoms with Crippen LogP contribution in [0.1, 0.15) is 11.1 Å². The predicted molar refractivity (Wildman–Crippen MR) is 97.5 cm³/mol. The Bertz CT molecular complexity index is 697. The summed E-state index contributed by atoms with van der Waals surface area (Å²) >= 11 is 0. The molecule has 2 rings (SSSR count). The van der Waals surface area contributed by atoms with Gasteiger partial charge in [-0.2, -0.15) is 0 Å². The van der Waals surface area contributed by atoms with Crippen molar-refractivity contribution in [1.82, 2.24) is 4.90 Å². The van der Waals surface area contributed by atoms with E-state index in [-0.39, 0.29) is 12.5 Å². The van der Waals surface area contributed by atoms with Crippen molar-refractivity contribution in [3.05, 3.63) is 53.6 Å². The van der Waals surface area contributed by atoms with Crippen LogP contribution in [0.3, 0.4) is 0 Å². The number of hydrogen-bond donors (Lipinski definition) is 0. The largest absolute Gasteiger partial charge is 0.493 e. The van der Waals surface area contributed by atoms with Crippen molar-refractivity contribution in [2.45, 2.75) is 13.8 Å². The van der Waals surface area contributed by atoms with E-state index in [0.29, 0.717) is 24.7 Å². The number of likely N-dealkylation sites (N-methyl/N-ethyl adjacent to an activating group) is 1. The zero-order chi connectivity index (χ0) is 18.2. The molecule has 0 aliphatic heterocycles. The molecule has 2 aromatic rings. The Hall–Kier alpha value is -2.69. The summed E-state index contributed by atoms with van der Waals surface area (Å²) in [5, 5.41) is 0. The first-order chi connectivity index (χ1) is 12.0. The van der Waals surface area contributed by atoms with Crippen LogP contribution in [0.15, 0.2) is 42.5 Å². The highest BCUT2D eigenvalue weighted by molar-refractivity contribution is 5.77. The molecule has 0 radical (unpaired) electrons. The summed E-state index contributed by atoms with van der Waals surface area (Å²) in [7, 11) is 3.31. The maximum atomic E-state index is 12.2. The molecule has 0 heterocycles. The lowest BCUT2D eigenvalue weighted by Crippen LogP contribution is -2.34. The molecule has 0 saturated heterocycles. The minimum absolute atomic E-state index is 0.0412. The molecule has 0 fully saturated rings. The van der Waals surface area contributed by atoms with Crippen LogP contribution in [-0.4, -0.2) is 44.7 Å². The first-order valence-electron chi connectivity index (χ1n) is 8.20. The lowest BCUT2D eigenvalue weighted by Gasteiger charge is -2.18. The number of nitrogens with zero attached hydrogens (tertiary/aromatic N) is 1. The van der Waals surface area contributed by atoms with E-state index in [0.717, 1.165) is 11.3 Å². The Balaban J connectivity index is 1.77. The number of amides is 1. The second kappa shape index (κ2) is 8.97. The molecular formula is C20H25NO4. The van der Waals surface area contributed by atoms with Crippen molar-refractivity contribution in [3.63, 3.8) is 0 Å². The van der Waals surface area contributed by atoms with Crippen molar-refractivity contribution in [3.8, 4) is 17.2 Å². The lowest BCUT2D eigenvalue weighted by atomic mass is 10.2. The first-order valence-corrected chi connectivity index (χ1v) is 8.20. The van der Waals surface area contributed by atoms with Gasteiger partial charge in [0.1, 0.15) is 12.4 Å². The number of rotatable bonds is 8. The molecule has 0 aliphatic carbocycles. The number of carbonyl (C=O) groups excluding carboxylic acids is 1. The van der Waals surface area contributed by atoms with Crippen LogP contribution in [0, 0.1) is 13.8 Å². The monoisotopic (exact) mass is 343 g/mol. The Labute approximate surface area is 149 Å². The second-order valence-electron chi connectivity index (χ2n) is 5.92. The summed E-state index contributed by atoms with van der Waals surface area (Å²) in [5.41, 5.74) is 2.25. The van der Waals surface area contributed by atoms with E-state index in [9.17, 15) is 4.79 Å². The quantitative estimate of drug-likeness (QED) is 0.738. The third-order valence-electron chi connectivity index (χ3n) is 3.81. The standard InChI is InChI=1S/C20H25NO4/c1-15-5-8-17(9-6-15)24-12-11-21(3)20(22)14-25-18-10-7-16(2)13-19(18)23-4/h5-10,13H,11-12,14H2,1-4H3. The highest BCUT2D eigenvalue weighted by Gasteiger charge is 2.12. The van der Waals surface area contributed by atoms with Gasteiger partial charge in [-0.15, -0.1) is 0 Å². The molecule has 25 heavy (non-hydrogen) atoms. The molecule has 0 unspecified atom stereocenters. The van der Waals surface area contributed by atoms with E-state index in [1.54, 1.807) is 19.1 Å². The minimum atomic E-state index is -0.116. The predicted octanol–water partition coefficient (Wildman–Crippen LogP) is 3.23. The van der Waals surface area contributed by atoms with Crippen LogP contribution >= 0.6 is 0 Å². The topological polar surface area (TPSA) is 48.0 Å². The van der Waals surface area contributed by atoms with Crippen LogP contribution in [0.4, 0.5) is 0 Å². The van der Waals surface area contributed by atoms with Gasteiger partial charge >= 0.3 is 0 Å². The molecule has 0 spiro atoms. The van der Waals surface area contributed by atoms with Gasteiger partial charge in [0.25, 0.3) is 5.91 Å². The number of ether oxygens (including phenoxy) is 3. The average molecular weight is 343 g/mol. The molecule has 0 N–H and O–H groups in total. The fourth-order valence-electron chi connectivity index (χ4n) is 2.20. The highest BCUT2D eigenvalue weighted by Crippen LogP contribution is 2.27. The molecule has 0 saturated carbocycles. The van der Waals surface area contributed by atoms with E-state index in [2.05, 4.69) is 0 Å². The van der Waals surface area contributed by atoms with Gasteiger partial charge in [0, 0.05) is 7.05 Å². The Kier molecular flexibility index (Phi) is 6.69. The molecule has 2 aromatic carbocycles. The van der Waals surface area contributed by atoms with Crippen LogP contribution in [0.25, 0.3) is 0 Å². The van der Waals surface area contributed by atoms with Gasteiger partial charge < -0.3 is 19.1 Å². The Morgan fingerprint density at radius 3 is 2.32 bits per heavy atom. The molecule has 0 aliphatic rings. The van der Waals surface area contributed by atoms with E-state index in [1.807, 2.05) is 56.3 Å². The molecular weight excluding hydrogens is 318 g/mol. The molecule has 1 amide bonds. The van der Waals surface area contributed by atoms with Crippen LogP contribution in [0.5, 0.6) is 17.2 Å². The molecule has 5 heteroatoms. The lowest BCUT2D eigenvalue weighted by molar-refractivity contribution is -0.132. The average Bonchev–Trinajstić information content (AvgIpc) is 2.61. The number of benzene rings is 2. The van der Waals surface area contributed by atoms with Gasteiger partial charge in [-0.05, 0) is 43.7 Å². The van der Waals surface area contributed by atoms with E-state index in [4.69, 9.17) is 14.2 Å². The van der Waals surface area contributed by atoms with E-state index >= 15 is 0 Å². The molecule has 0 atom stereocenters. The van der Waals surface area contributed by atoms with Gasteiger partial charge in [0.05, 0.1) is 13.7 Å². The fourth-order valence-corrected chi connectivity index (χ4v) is 2.20. The van der Waals surface area contributed by atoms with Crippen molar-refractivity contribution < 1.29 is 19.0 Å². The molecule has 0 bridgehead atoms. The second-order valence-corrected chi connectivity index (χ2v) is 5.92. The summed E-state index contributed by atoms with van der Waals surface area (Å²) in [5.74, 6) is 1.87. The zero-order valence-corrected chi connectivity index (χ0v) is 15.2. The van der Waals surface area contributed by atoms with E-state index in [1.165, 1.54) is 5.56 Å². The number of aryl methyl sites for hydroxylation is 2. The first kappa shape index (κ1) is 18.6. The van der Waals surface area contributed by atoms with Gasteiger partial charge in [0.2, 0.25) is 0 Å². The SMILES string of the molecule is COc1cc(C)ccc1OCC(=O)N(C)CCOc1ccc(C)cc1. The normalized spacial score (nSPS) is 10.2. The third kappa shape index (κ3) is 5.71. The highest BCUT2D eigenvalue weighted by atomic mass is 16.5. The smallest absolute Gasteiger partial charge is 0.260 e. The number of carbonyl (C=O) groups is 1. The maximum Gasteiger partial charge on any atom is 0.260 e.